The third kappa shape index (κ3) is 14.7. The normalized spacial score (nSPS) is 11.9. The second kappa shape index (κ2) is 18.8. The van der Waals surface area contributed by atoms with Gasteiger partial charge in [-0.25, -0.2) is 4.79 Å². The SMILES string of the molecule is C=CCCCCCCCCC(=O)N[C@@H](Cc1ccccc1)C(=O)O.N[C@@H](Cc1ccccc1)C(=O)O. The van der Waals surface area contributed by atoms with E-state index in [1.54, 1.807) is 0 Å². The fourth-order valence-electron chi connectivity index (χ4n) is 3.55. The van der Waals surface area contributed by atoms with Crippen molar-refractivity contribution in [1.29, 1.82) is 0 Å². The van der Waals surface area contributed by atoms with E-state index >= 15 is 0 Å². The molecule has 1 amide bonds. The first-order valence-corrected chi connectivity index (χ1v) is 12.5. The maximum Gasteiger partial charge on any atom is 0.326 e. The van der Waals surface area contributed by atoms with Crippen LogP contribution < -0.4 is 11.1 Å². The maximum absolute atomic E-state index is 11.9. The summed E-state index contributed by atoms with van der Waals surface area (Å²) < 4.78 is 0. The Hall–Kier alpha value is -3.45. The number of aliphatic carboxylic acids is 2. The number of unbranched alkanes of at least 4 members (excludes halogenated alkanes) is 6. The largest absolute Gasteiger partial charge is 0.480 e. The number of nitrogens with two attached hydrogens (primary N) is 1. The Balaban J connectivity index is 0.000000450. The van der Waals surface area contributed by atoms with E-state index in [2.05, 4.69) is 11.9 Å². The monoisotopic (exact) mass is 496 g/mol. The van der Waals surface area contributed by atoms with Crippen LogP contribution in [-0.2, 0) is 27.2 Å². The van der Waals surface area contributed by atoms with Gasteiger partial charge in [0.05, 0.1) is 0 Å². The lowest BCUT2D eigenvalue weighted by Gasteiger charge is -2.14. The van der Waals surface area contributed by atoms with Crippen LogP contribution in [0.1, 0.15) is 62.5 Å². The smallest absolute Gasteiger partial charge is 0.326 e. The molecule has 2 aromatic carbocycles. The van der Waals surface area contributed by atoms with Crippen molar-refractivity contribution in [3.8, 4) is 0 Å². The summed E-state index contributed by atoms with van der Waals surface area (Å²) in [5.41, 5.74) is 7.21. The van der Waals surface area contributed by atoms with E-state index < -0.39 is 24.0 Å². The molecule has 2 rings (SSSR count). The average molecular weight is 497 g/mol. The van der Waals surface area contributed by atoms with Crippen molar-refractivity contribution in [3.63, 3.8) is 0 Å². The fraction of sp³-hybridized carbons (Fsp3) is 0.414. The molecule has 0 saturated heterocycles. The first-order valence-electron chi connectivity index (χ1n) is 12.5. The minimum atomic E-state index is -0.991. The number of nitrogens with one attached hydrogen (secondary N) is 1. The number of allylic oxidation sites excluding steroid dienone is 1. The number of carboxylic acids is 2. The summed E-state index contributed by atoms with van der Waals surface area (Å²) in [5, 5.41) is 20.4. The van der Waals surface area contributed by atoms with Gasteiger partial charge in [-0.05, 0) is 36.8 Å². The van der Waals surface area contributed by atoms with Gasteiger partial charge in [0.2, 0.25) is 5.91 Å². The number of hydrogen-bond acceptors (Lipinski definition) is 4. The molecule has 0 aliphatic carbocycles. The molecule has 196 valence electrons. The summed E-state index contributed by atoms with van der Waals surface area (Å²) in [7, 11) is 0. The minimum absolute atomic E-state index is 0.176. The molecule has 0 saturated carbocycles. The van der Waals surface area contributed by atoms with E-state index in [9.17, 15) is 19.5 Å². The van der Waals surface area contributed by atoms with Gasteiger partial charge in [0, 0.05) is 12.8 Å². The molecule has 0 fully saturated rings. The van der Waals surface area contributed by atoms with Gasteiger partial charge in [0.15, 0.2) is 0 Å². The standard InChI is InChI=1S/C20H29NO3.C9H11NO2/c1-2-3-4-5-6-7-8-12-15-19(22)21-18(20(23)24)16-17-13-10-9-11-14-17;10-8(9(11)12)6-7-4-2-1-3-5-7/h2,9-11,13-14,18H,1,3-8,12,15-16H2,(H,21,22)(H,23,24);1-5,8H,6,10H2,(H,11,12)/t18-;8-/m00/s1. The number of hydrogen-bond donors (Lipinski definition) is 4. The number of benzene rings is 2. The fourth-order valence-corrected chi connectivity index (χ4v) is 3.55. The summed E-state index contributed by atoms with van der Waals surface area (Å²) in [6.07, 6.45) is 10.6. The zero-order valence-electron chi connectivity index (χ0n) is 21.0. The van der Waals surface area contributed by atoms with Crippen LogP contribution in [0.4, 0.5) is 0 Å². The lowest BCUT2D eigenvalue weighted by Crippen LogP contribution is -2.42. The van der Waals surface area contributed by atoms with Crippen LogP contribution in [0.3, 0.4) is 0 Å². The summed E-state index contributed by atoms with van der Waals surface area (Å²) >= 11 is 0. The summed E-state index contributed by atoms with van der Waals surface area (Å²) in [5.74, 6) is -2.13. The van der Waals surface area contributed by atoms with Crippen LogP contribution in [0, 0.1) is 0 Å². The summed E-state index contributed by atoms with van der Waals surface area (Å²) in [6.45, 7) is 3.70. The Morgan fingerprint density at radius 1 is 0.778 bits per heavy atom. The van der Waals surface area contributed by atoms with Crippen LogP contribution >= 0.6 is 0 Å². The Morgan fingerprint density at radius 3 is 1.78 bits per heavy atom. The molecule has 7 nitrogen and oxygen atoms in total. The average Bonchev–Trinajstić information content (AvgIpc) is 2.87. The molecule has 2 aromatic rings. The Bertz CT molecular complexity index is 902. The molecule has 0 bridgehead atoms. The first-order chi connectivity index (χ1) is 17.3. The topological polar surface area (TPSA) is 130 Å². The van der Waals surface area contributed by atoms with Crippen molar-refractivity contribution in [2.45, 2.75) is 76.3 Å². The number of carbonyl (C=O) groups excluding carboxylic acids is 1. The molecule has 0 aliphatic heterocycles. The lowest BCUT2D eigenvalue weighted by atomic mass is 10.1. The zero-order valence-corrected chi connectivity index (χ0v) is 21.0. The Morgan fingerprint density at radius 2 is 1.28 bits per heavy atom. The highest BCUT2D eigenvalue weighted by atomic mass is 16.4. The number of carboxylic acid groups (broad SMARTS) is 2. The van der Waals surface area contributed by atoms with Crippen molar-refractivity contribution in [1.82, 2.24) is 5.32 Å². The van der Waals surface area contributed by atoms with Crippen LogP contribution in [0.15, 0.2) is 73.3 Å². The van der Waals surface area contributed by atoms with Crippen molar-refractivity contribution >= 4 is 17.8 Å². The predicted octanol–water partition coefficient (Wildman–Crippen LogP) is 4.75. The van der Waals surface area contributed by atoms with Crippen LogP contribution in [0.5, 0.6) is 0 Å². The van der Waals surface area contributed by atoms with E-state index in [0.717, 1.165) is 36.8 Å². The van der Waals surface area contributed by atoms with Gasteiger partial charge in [-0.15, -0.1) is 6.58 Å². The van der Waals surface area contributed by atoms with E-state index in [1.165, 1.54) is 19.3 Å². The quantitative estimate of drug-likeness (QED) is 0.196. The molecular weight excluding hydrogens is 456 g/mol. The van der Waals surface area contributed by atoms with Gasteiger partial charge >= 0.3 is 11.9 Å². The highest BCUT2D eigenvalue weighted by Gasteiger charge is 2.20. The molecule has 36 heavy (non-hydrogen) atoms. The molecule has 0 unspecified atom stereocenters. The van der Waals surface area contributed by atoms with Crippen LogP contribution in [-0.4, -0.2) is 40.1 Å². The van der Waals surface area contributed by atoms with E-state index in [0.29, 0.717) is 19.3 Å². The molecular formula is C29H40N2O5. The number of rotatable bonds is 16. The minimum Gasteiger partial charge on any atom is -0.480 e. The Kier molecular flexibility index (Phi) is 16.0. The second-order valence-corrected chi connectivity index (χ2v) is 8.73. The van der Waals surface area contributed by atoms with Gasteiger partial charge in [-0.3, -0.25) is 9.59 Å². The van der Waals surface area contributed by atoms with Gasteiger partial charge in [-0.2, -0.15) is 0 Å². The first kappa shape index (κ1) is 30.6. The van der Waals surface area contributed by atoms with Crippen LogP contribution in [0.2, 0.25) is 0 Å². The van der Waals surface area contributed by atoms with E-state index in [-0.39, 0.29) is 5.91 Å². The van der Waals surface area contributed by atoms with Gasteiger partial charge < -0.3 is 21.3 Å². The second-order valence-electron chi connectivity index (χ2n) is 8.73. The van der Waals surface area contributed by atoms with Crippen LogP contribution in [0.25, 0.3) is 0 Å². The van der Waals surface area contributed by atoms with Crippen molar-refractivity contribution < 1.29 is 24.6 Å². The van der Waals surface area contributed by atoms with Crippen molar-refractivity contribution in [2.75, 3.05) is 0 Å². The predicted molar refractivity (Wildman–Crippen MR) is 143 cm³/mol. The molecule has 0 aromatic heterocycles. The van der Waals surface area contributed by atoms with E-state index in [4.69, 9.17) is 10.8 Å². The third-order valence-electron chi connectivity index (χ3n) is 5.59. The number of carbonyl (C=O) groups is 3. The highest BCUT2D eigenvalue weighted by Crippen LogP contribution is 2.09. The molecule has 0 aliphatic rings. The Labute approximate surface area is 214 Å². The highest BCUT2D eigenvalue weighted by molar-refractivity contribution is 5.83. The van der Waals surface area contributed by atoms with E-state index in [1.807, 2.05) is 66.7 Å². The molecule has 2 atom stereocenters. The third-order valence-corrected chi connectivity index (χ3v) is 5.59. The summed E-state index contributed by atoms with van der Waals surface area (Å²) in [6, 6.07) is 17.0. The van der Waals surface area contributed by atoms with Crippen molar-refractivity contribution in [3.05, 3.63) is 84.4 Å². The molecule has 7 heteroatoms. The molecule has 0 spiro atoms. The maximum atomic E-state index is 11.9. The van der Waals surface area contributed by atoms with Gasteiger partial charge in [-0.1, -0.05) is 92.4 Å². The van der Waals surface area contributed by atoms with Gasteiger partial charge in [0.1, 0.15) is 12.1 Å². The lowest BCUT2D eigenvalue weighted by molar-refractivity contribution is -0.141. The molecule has 5 N–H and O–H groups in total. The molecule has 0 radical (unpaired) electrons. The zero-order chi connectivity index (χ0) is 26.6. The van der Waals surface area contributed by atoms with Crippen molar-refractivity contribution in [2.24, 2.45) is 5.73 Å². The molecule has 0 heterocycles. The number of amides is 1. The summed E-state index contributed by atoms with van der Waals surface area (Å²) in [4.78, 5) is 33.6. The van der Waals surface area contributed by atoms with Gasteiger partial charge in [0.25, 0.3) is 0 Å².